The van der Waals surface area contributed by atoms with Crippen LogP contribution in [-0.2, 0) is 11.2 Å². The topological polar surface area (TPSA) is 20.3 Å². The van der Waals surface area contributed by atoms with Crippen LogP contribution in [0, 0.1) is 13.8 Å². The van der Waals surface area contributed by atoms with Gasteiger partial charge in [-0.2, -0.15) is 12.6 Å². The molecule has 1 heterocycles. The quantitative estimate of drug-likeness (QED) is 0.816. The third kappa shape index (κ3) is 3.03. The molecule has 2 nitrogen and oxygen atoms in total. The van der Waals surface area contributed by atoms with E-state index in [0.717, 1.165) is 19.5 Å². The maximum Gasteiger partial charge on any atom is 0.223 e. The van der Waals surface area contributed by atoms with Crippen molar-refractivity contribution in [3.8, 4) is 0 Å². The SMILES string of the molecule is Cc1ccc(CCN2CC(S)CC2=O)c(C)c1. The second-order valence-corrected chi connectivity index (χ2v) is 5.61. The van der Waals surface area contributed by atoms with Gasteiger partial charge in [-0.05, 0) is 31.4 Å². The zero-order valence-electron chi connectivity index (χ0n) is 10.4. The summed E-state index contributed by atoms with van der Waals surface area (Å²) in [6.45, 7) is 5.86. The van der Waals surface area contributed by atoms with E-state index in [4.69, 9.17) is 0 Å². The summed E-state index contributed by atoms with van der Waals surface area (Å²) >= 11 is 4.36. The van der Waals surface area contributed by atoms with Crippen LogP contribution in [0.3, 0.4) is 0 Å². The molecule has 1 unspecified atom stereocenters. The van der Waals surface area contributed by atoms with E-state index in [1.165, 1.54) is 16.7 Å². The van der Waals surface area contributed by atoms with Crippen molar-refractivity contribution in [2.45, 2.75) is 31.9 Å². The highest BCUT2D eigenvalue weighted by Crippen LogP contribution is 2.17. The van der Waals surface area contributed by atoms with Crippen LogP contribution in [0.1, 0.15) is 23.1 Å². The molecule has 1 aliphatic rings. The lowest BCUT2D eigenvalue weighted by Gasteiger charge is -2.16. The Hall–Kier alpha value is -0.960. The fourth-order valence-electron chi connectivity index (χ4n) is 2.35. The molecule has 17 heavy (non-hydrogen) atoms. The van der Waals surface area contributed by atoms with Crippen molar-refractivity contribution in [2.75, 3.05) is 13.1 Å². The molecule has 1 amide bonds. The summed E-state index contributed by atoms with van der Waals surface area (Å²) in [5.74, 6) is 0.245. The molecule has 0 bridgehead atoms. The molecular weight excluding hydrogens is 230 g/mol. The zero-order valence-corrected chi connectivity index (χ0v) is 11.3. The van der Waals surface area contributed by atoms with Crippen LogP contribution in [0.5, 0.6) is 0 Å². The monoisotopic (exact) mass is 249 g/mol. The van der Waals surface area contributed by atoms with Crippen molar-refractivity contribution in [2.24, 2.45) is 0 Å². The largest absolute Gasteiger partial charge is 0.341 e. The van der Waals surface area contributed by atoms with Crippen molar-refractivity contribution < 1.29 is 4.79 Å². The molecule has 1 aliphatic heterocycles. The summed E-state index contributed by atoms with van der Waals surface area (Å²) in [4.78, 5) is 13.5. The summed E-state index contributed by atoms with van der Waals surface area (Å²) < 4.78 is 0. The van der Waals surface area contributed by atoms with Crippen LogP contribution in [0.2, 0.25) is 0 Å². The standard InChI is InChI=1S/C14H19NOS/c1-10-3-4-12(11(2)7-10)5-6-15-9-13(17)8-14(15)16/h3-4,7,13,17H,5-6,8-9H2,1-2H3. The molecule has 1 fully saturated rings. The molecule has 0 radical (unpaired) electrons. The molecule has 0 spiro atoms. The second kappa shape index (κ2) is 5.13. The minimum Gasteiger partial charge on any atom is -0.341 e. The molecular formula is C14H19NOS. The summed E-state index contributed by atoms with van der Waals surface area (Å²) in [5, 5.41) is 0.224. The molecule has 1 saturated heterocycles. The predicted molar refractivity (Wildman–Crippen MR) is 73.6 cm³/mol. The third-order valence-corrected chi connectivity index (χ3v) is 3.69. The van der Waals surface area contributed by atoms with Gasteiger partial charge in [0.1, 0.15) is 0 Å². The van der Waals surface area contributed by atoms with Crippen LogP contribution in [0.15, 0.2) is 18.2 Å². The fourth-order valence-corrected chi connectivity index (χ4v) is 2.70. The Kier molecular flexibility index (Phi) is 3.77. The number of hydrogen-bond acceptors (Lipinski definition) is 2. The molecule has 0 N–H and O–H groups in total. The maximum atomic E-state index is 11.6. The molecule has 0 aromatic heterocycles. The zero-order chi connectivity index (χ0) is 12.4. The summed E-state index contributed by atoms with van der Waals surface area (Å²) in [5.41, 5.74) is 3.95. The number of hydrogen-bond donors (Lipinski definition) is 1. The van der Waals surface area contributed by atoms with Crippen LogP contribution in [0.25, 0.3) is 0 Å². The normalized spacial score (nSPS) is 20.1. The Balaban J connectivity index is 1.96. The Morgan fingerprint density at radius 3 is 2.76 bits per heavy atom. The summed E-state index contributed by atoms with van der Waals surface area (Å²) in [6.07, 6.45) is 1.54. The van der Waals surface area contributed by atoms with Crippen LogP contribution in [-0.4, -0.2) is 29.1 Å². The van der Waals surface area contributed by atoms with Gasteiger partial charge in [0.15, 0.2) is 0 Å². The molecule has 3 heteroatoms. The van der Waals surface area contributed by atoms with Crippen molar-refractivity contribution in [1.29, 1.82) is 0 Å². The Bertz CT molecular complexity index is 430. The molecule has 1 aromatic carbocycles. The van der Waals surface area contributed by atoms with Gasteiger partial charge in [-0.15, -0.1) is 0 Å². The molecule has 1 aromatic rings. The van der Waals surface area contributed by atoms with Gasteiger partial charge in [0.05, 0.1) is 0 Å². The van der Waals surface area contributed by atoms with E-state index in [-0.39, 0.29) is 11.2 Å². The van der Waals surface area contributed by atoms with Gasteiger partial charge in [-0.3, -0.25) is 4.79 Å². The average Bonchev–Trinajstić information content (AvgIpc) is 2.56. The van der Waals surface area contributed by atoms with Gasteiger partial charge in [-0.1, -0.05) is 23.8 Å². The van der Waals surface area contributed by atoms with E-state index in [9.17, 15) is 4.79 Å². The van der Waals surface area contributed by atoms with E-state index in [1.807, 2.05) is 4.90 Å². The first-order chi connectivity index (χ1) is 8.06. The molecule has 1 atom stereocenters. The van der Waals surface area contributed by atoms with E-state index >= 15 is 0 Å². The first-order valence-corrected chi connectivity index (χ1v) is 6.60. The highest BCUT2D eigenvalue weighted by atomic mass is 32.1. The van der Waals surface area contributed by atoms with Gasteiger partial charge >= 0.3 is 0 Å². The van der Waals surface area contributed by atoms with E-state index in [1.54, 1.807) is 0 Å². The van der Waals surface area contributed by atoms with E-state index in [2.05, 4.69) is 44.7 Å². The Morgan fingerprint density at radius 2 is 2.18 bits per heavy atom. The van der Waals surface area contributed by atoms with E-state index in [0.29, 0.717) is 6.42 Å². The van der Waals surface area contributed by atoms with Gasteiger partial charge in [-0.25, -0.2) is 0 Å². The van der Waals surface area contributed by atoms with Gasteiger partial charge in [0, 0.05) is 24.8 Å². The first-order valence-electron chi connectivity index (χ1n) is 6.08. The third-order valence-electron chi connectivity index (χ3n) is 3.34. The molecule has 0 aliphatic carbocycles. The number of nitrogens with zero attached hydrogens (tertiary/aromatic N) is 1. The van der Waals surface area contributed by atoms with Gasteiger partial charge in [0.25, 0.3) is 0 Å². The number of thiol groups is 1. The number of likely N-dealkylation sites (tertiary alicyclic amines) is 1. The fraction of sp³-hybridized carbons (Fsp3) is 0.500. The maximum absolute atomic E-state index is 11.6. The molecule has 0 saturated carbocycles. The van der Waals surface area contributed by atoms with Crippen molar-refractivity contribution in [3.05, 3.63) is 34.9 Å². The number of carbonyl (C=O) groups is 1. The van der Waals surface area contributed by atoms with Crippen molar-refractivity contribution in [1.82, 2.24) is 4.90 Å². The van der Waals surface area contributed by atoms with E-state index < -0.39 is 0 Å². The Morgan fingerprint density at radius 1 is 1.41 bits per heavy atom. The number of benzene rings is 1. The predicted octanol–water partition coefficient (Wildman–Crippen LogP) is 2.38. The number of aryl methyl sites for hydroxylation is 2. The number of rotatable bonds is 3. The van der Waals surface area contributed by atoms with Crippen molar-refractivity contribution >= 4 is 18.5 Å². The first kappa shape index (κ1) is 12.5. The lowest BCUT2D eigenvalue weighted by Crippen LogP contribution is -2.27. The number of amides is 1. The minimum atomic E-state index is 0.224. The molecule has 92 valence electrons. The number of carbonyl (C=O) groups excluding carboxylic acids is 1. The Labute approximate surface area is 108 Å². The van der Waals surface area contributed by atoms with Gasteiger partial charge < -0.3 is 4.90 Å². The lowest BCUT2D eigenvalue weighted by molar-refractivity contribution is -0.127. The van der Waals surface area contributed by atoms with Crippen LogP contribution < -0.4 is 0 Å². The average molecular weight is 249 g/mol. The lowest BCUT2D eigenvalue weighted by atomic mass is 10.0. The van der Waals surface area contributed by atoms with Crippen LogP contribution >= 0.6 is 12.6 Å². The molecule has 2 rings (SSSR count). The van der Waals surface area contributed by atoms with Crippen molar-refractivity contribution in [3.63, 3.8) is 0 Å². The highest BCUT2D eigenvalue weighted by Gasteiger charge is 2.26. The summed E-state index contributed by atoms with van der Waals surface area (Å²) in [6, 6.07) is 6.50. The smallest absolute Gasteiger partial charge is 0.223 e. The second-order valence-electron chi connectivity index (χ2n) is 4.88. The van der Waals surface area contributed by atoms with Crippen LogP contribution in [0.4, 0.5) is 0 Å². The summed E-state index contributed by atoms with van der Waals surface area (Å²) in [7, 11) is 0. The minimum absolute atomic E-state index is 0.224. The highest BCUT2D eigenvalue weighted by molar-refractivity contribution is 7.81. The van der Waals surface area contributed by atoms with Gasteiger partial charge in [0.2, 0.25) is 5.91 Å².